The smallest absolute Gasteiger partial charge is 0.321 e. The molecule has 2 amide bonds. The Labute approximate surface area is 128 Å². The van der Waals surface area contributed by atoms with Crippen LogP contribution in [0.2, 0.25) is 0 Å². The topological polar surface area (TPSA) is 44.4 Å². The number of rotatable bonds is 4. The van der Waals surface area contributed by atoms with E-state index in [9.17, 15) is 4.79 Å². The number of nitrogens with one attached hydrogen (secondary N) is 2. The number of anilines is 2. The summed E-state index contributed by atoms with van der Waals surface area (Å²) in [5.41, 5.74) is 3.26. The van der Waals surface area contributed by atoms with E-state index in [4.69, 9.17) is 0 Å². The molecule has 108 valence electrons. The molecule has 1 heterocycles. The fraction of sp³-hybridized carbons (Fsp3) is 0.188. The number of urea groups is 1. The Bertz CT molecular complexity index is 625. The third kappa shape index (κ3) is 3.31. The van der Waals surface area contributed by atoms with Crippen molar-refractivity contribution >= 4 is 29.4 Å². The molecule has 0 radical (unpaired) electrons. The van der Waals surface area contributed by atoms with Crippen molar-refractivity contribution in [3.63, 3.8) is 0 Å². The van der Waals surface area contributed by atoms with Gasteiger partial charge < -0.3 is 10.0 Å². The number of amides is 2. The summed E-state index contributed by atoms with van der Waals surface area (Å²) < 4.78 is 3.31. The van der Waals surface area contributed by atoms with Crippen LogP contribution in [0.1, 0.15) is 5.56 Å². The van der Waals surface area contributed by atoms with E-state index in [2.05, 4.69) is 41.2 Å². The van der Waals surface area contributed by atoms with Gasteiger partial charge in [-0.15, -0.1) is 0 Å². The van der Waals surface area contributed by atoms with Crippen LogP contribution in [0.4, 0.5) is 16.2 Å². The summed E-state index contributed by atoms with van der Waals surface area (Å²) in [5.74, 6) is 0. The molecule has 2 aromatic rings. The van der Waals surface area contributed by atoms with E-state index in [1.54, 1.807) is 16.8 Å². The second-order valence-corrected chi connectivity index (χ2v) is 5.83. The maximum absolute atomic E-state index is 11.6. The minimum Gasteiger partial charge on any atom is -0.336 e. The highest BCUT2D eigenvalue weighted by molar-refractivity contribution is 8.00. The molecule has 2 N–H and O–H groups in total. The van der Waals surface area contributed by atoms with Crippen molar-refractivity contribution in [2.75, 3.05) is 22.7 Å². The average molecular weight is 299 g/mol. The summed E-state index contributed by atoms with van der Waals surface area (Å²) >= 11 is 1.56. The van der Waals surface area contributed by atoms with Crippen molar-refractivity contribution in [3.8, 4) is 0 Å². The maximum Gasteiger partial charge on any atom is 0.321 e. The normalized spacial score (nSPS) is 14.1. The molecule has 0 aliphatic carbocycles. The van der Waals surface area contributed by atoms with E-state index >= 15 is 0 Å². The molecule has 5 heteroatoms. The molecule has 0 bridgehead atoms. The van der Waals surface area contributed by atoms with Crippen LogP contribution >= 0.6 is 11.9 Å². The van der Waals surface area contributed by atoms with Gasteiger partial charge >= 0.3 is 6.03 Å². The van der Waals surface area contributed by atoms with Crippen molar-refractivity contribution < 1.29 is 4.79 Å². The van der Waals surface area contributed by atoms with Crippen molar-refractivity contribution in [3.05, 3.63) is 54.1 Å². The molecule has 3 rings (SSSR count). The van der Waals surface area contributed by atoms with E-state index in [0.717, 1.165) is 22.8 Å². The number of nitrogens with zero attached hydrogens (tertiary/aromatic N) is 1. The SMILES string of the molecule is Cc1ccc(NSc2ccc(N3CCNC3=O)cc2)cc1. The second kappa shape index (κ2) is 6.10. The summed E-state index contributed by atoms with van der Waals surface area (Å²) in [6.07, 6.45) is 0. The highest BCUT2D eigenvalue weighted by Gasteiger charge is 2.20. The number of carbonyl (C=O) groups excluding carboxylic acids is 1. The first-order valence-corrected chi connectivity index (χ1v) is 7.69. The number of carbonyl (C=O) groups is 1. The predicted molar refractivity (Wildman–Crippen MR) is 87.8 cm³/mol. The van der Waals surface area contributed by atoms with Gasteiger partial charge in [-0.1, -0.05) is 17.7 Å². The first-order chi connectivity index (χ1) is 10.2. The number of hydrogen-bond acceptors (Lipinski definition) is 3. The maximum atomic E-state index is 11.6. The molecule has 0 aromatic heterocycles. The Hall–Kier alpha value is -2.14. The zero-order valence-electron chi connectivity index (χ0n) is 11.8. The largest absolute Gasteiger partial charge is 0.336 e. The van der Waals surface area contributed by atoms with Gasteiger partial charge in [0.1, 0.15) is 0 Å². The molecule has 2 aromatic carbocycles. The molecule has 0 atom stereocenters. The zero-order chi connectivity index (χ0) is 14.7. The van der Waals surface area contributed by atoms with Gasteiger partial charge in [0.05, 0.1) is 0 Å². The highest BCUT2D eigenvalue weighted by Crippen LogP contribution is 2.24. The molecule has 4 nitrogen and oxygen atoms in total. The summed E-state index contributed by atoms with van der Waals surface area (Å²) in [5, 5.41) is 2.80. The van der Waals surface area contributed by atoms with Crippen LogP contribution < -0.4 is 14.9 Å². The van der Waals surface area contributed by atoms with Gasteiger partial charge in [0.15, 0.2) is 0 Å². The van der Waals surface area contributed by atoms with Gasteiger partial charge in [-0.25, -0.2) is 4.79 Å². The van der Waals surface area contributed by atoms with Crippen LogP contribution in [0.5, 0.6) is 0 Å². The Morgan fingerprint density at radius 2 is 1.81 bits per heavy atom. The van der Waals surface area contributed by atoms with Gasteiger partial charge in [0.25, 0.3) is 0 Å². The summed E-state index contributed by atoms with van der Waals surface area (Å²) in [7, 11) is 0. The molecule has 1 fully saturated rings. The van der Waals surface area contributed by atoms with Crippen LogP contribution in [0.3, 0.4) is 0 Å². The molecule has 1 saturated heterocycles. The Morgan fingerprint density at radius 1 is 1.10 bits per heavy atom. The first-order valence-electron chi connectivity index (χ1n) is 6.87. The number of aryl methyl sites for hydroxylation is 1. The lowest BCUT2D eigenvalue weighted by Gasteiger charge is -2.14. The monoisotopic (exact) mass is 299 g/mol. The molecule has 21 heavy (non-hydrogen) atoms. The van der Waals surface area contributed by atoms with Crippen LogP contribution in [-0.4, -0.2) is 19.1 Å². The van der Waals surface area contributed by atoms with E-state index < -0.39 is 0 Å². The Balaban J connectivity index is 1.62. The molecular weight excluding hydrogens is 282 g/mol. The third-order valence-electron chi connectivity index (χ3n) is 3.34. The highest BCUT2D eigenvalue weighted by atomic mass is 32.2. The van der Waals surface area contributed by atoms with Gasteiger partial charge in [-0.05, 0) is 55.3 Å². The van der Waals surface area contributed by atoms with Gasteiger partial charge in [-0.3, -0.25) is 4.90 Å². The van der Waals surface area contributed by atoms with Crippen molar-refractivity contribution in [1.29, 1.82) is 0 Å². The summed E-state index contributed by atoms with van der Waals surface area (Å²) in [6.45, 7) is 3.52. The van der Waals surface area contributed by atoms with Crippen LogP contribution in [0, 0.1) is 6.92 Å². The summed E-state index contributed by atoms with van der Waals surface area (Å²) in [4.78, 5) is 14.5. The van der Waals surface area contributed by atoms with Gasteiger partial charge in [0.2, 0.25) is 0 Å². The fourth-order valence-corrected chi connectivity index (χ4v) is 2.80. The summed E-state index contributed by atoms with van der Waals surface area (Å²) in [6, 6.07) is 16.3. The van der Waals surface area contributed by atoms with Gasteiger partial charge in [0, 0.05) is 29.4 Å². The molecule has 0 spiro atoms. The lowest BCUT2D eigenvalue weighted by molar-refractivity contribution is 0.252. The first kappa shape index (κ1) is 13.8. The van der Waals surface area contributed by atoms with Crippen molar-refractivity contribution in [2.24, 2.45) is 0 Å². The lowest BCUT2D eigenvalue weighted by atomic mass is 10.2. The van der Waals surface area contributed by atoms with Crippen LogP contribution in [0.15, 0.2) is 53.4 Å². The lowest BCUT2D eigenvalue weighted by Crippen LogP contribution is -2.27. The minimum absolute atomic E-state index is 0.0202. The Kier molecular flexibility index (Phi) is 4.01. The predicted octanol–water partition coefficient (Wildman–Crippen LogP) is 3.64. The van der Waals surface area contributed by atoms with Crippen molar-refractivity contribution in [1.82, 2.24) is 5.32 Å². The van der Waals surface area contributed by atoms with Crippen molar-refractivity contribution in [2.45, 2.75) is 11.8 Å². The molecule has 1 aliphatic heterocycles. The molecule has 0 saturated carbocycles. The fourth-order valence-electron chi connectivity index (χ4n) is 2.15. The minimum atomic E-state index is -0.0202. The third-order valence-corrected chi connectivity index (χ3v) is 4.19. The van der Waals surface area contributed by atoms with Crippen LogP contribution in [-0.2, 0) is 0 Å². The average Bonchev–Trinajstić information content (AvgIpc) is 2.93. The van der Waals surface area contributed by atoms with E-state index in [1.807, 2.05) is 24.3 Å². The van der Waals surface area contributed by atoms with Crippen LogP contribution in [0.25, 0.3) is 0 Å². The second-order valence-electron chi connectivity index (χ2n) is 4.95. The van der Waals surface area contributed by atoms with E-state index in [0.29, 0.717) is 6.54 Å². The quantitative estimate of drug-likeness (QED) is 0.847. The number of hydrogen-bond donors (Lipinski definition) is 2. The Morgan fingerprint density at radius 3 is 2.43 bits per heavy atom. The number of benzene rings is 2. The van der Waals surface area contributed by atoms with E-state index in [-0.39, 0.29) is 6.03 Å². The molecule has 0 unspecified atom stereocenters. The molecular formula is C16H17N3OS. The molecule has 1 aliphatic rings. The van der Waals surface area contributed by atoms with E-state index in [1.165, 1.54) is 5.56 Å². The van der Waals surface area contributed by atoms with Gasteiger partial charge in [-0.2, -0.15) is 0 Å². The standard InChI is InChI=1S/C16H17N3OS/c1-12-2-4-13(5-3-12)18-21-15-8-6-14(7-9-15)19-11-10-17-16(19)20/h2-9,18H,10-11H2,1H3,(H,17,20). The zero-order valence-corrected chi connectivity index (χ0v) is 12.6.